The van der Waals surface area contributed by atoms with Crippen molar-refractivity contribution < 1.29 is 9.90 Å². The number of aromatic carboxylic acids is 1. The van der Waals surface area contributed by atoms with Crippen LogP contribution in [0.25, 0.3) is 0 Å². The Kier molecular flexibility index (Phi) is 4.32. The molecule has 0 amide bonds. The lowest BCUT2D eigenvalue weighted by atomic mass is 10.1. The lowest BCUT2D eigenvalue weighted by Gasteiger charge is -2.12. The summed E-state index contributed by atoms with van der Waals surface area (Å²) in [7, 11) is 0. The fourth-order valence-corrected chi connectivity index (χ4v) is 1.76. The molecule has 0 heterocycles. The summed E-state index contributed by atoms with van der Waals surface area (Å²) in [5.74, 6) is -0.952. The van der Waals surface area contributed by atoms with Gasteiger partial charge in [0.25, 0.3) is 0 Å². The fourth-order valence-electron chi connectivity index (χ4n) is 1.26. The molecule has 0 aliphatic heterocycles. The van der Waals surface area contributed by atoms with Gasteiger partial charge < -0.3 is 16.2 Å². The first-order valence-electron chi connectivity index (χ1n) is 4.96. The third-order valence-corrected chi connectivity index (χ3v) is 2.82. The molecule has 0 fully saturated rings. The van der Waals surface area contributed by atoms with Crippen LogP contribution in [0.5, 0.6) is 0 Å². The Balaban J connectivity index is 3.02. The molecule has 0 aromatic heterocycles. The Morgan fingerprint density at radius 3 is 2.69 bits per heavy atom. The van der Waals surface area contributed by atoms with Crippen molar-refractivity contribution in [3.63, 3.8) is 0 Å². The van der Waals surface area contributed by atoms with E-state index >= 15 is 0 Å². The lowest BCUT2D eigenvalue weighted by molar-refractivity contribution is 0.0696. The lowest BCUT2D eigenvalue weighted by Crippen LogP contribution is -2.22. The summed E-state index contributed by atoms with van der Waals surface area (Å²) >= 11 is 3.26. The van der Waals surface area contributed by atoms with Crippen molar-refractivity contribution in [1.29, 1.82) is 0 Å². The molecule has 1 aromatic rings. The number of halogens is 1. The number of carbonyl (C=O) groups is 1. The predicted molar refractivity (Wildman–Crippen MR) is 67.5 cm³/mol. The molecule has 0 saturated heterocycles. The Bertz CT molecular complexity index is 405. The first kappa shape index (κ1) is 13.0. The number of anilines is 1. The largest absolute Gasteiger partial charge is 0.478 e. The van der Waals surface area contributed by atoms with Crippen LogP contribution in [-0.2, 0) is 6.54 Å². The molecule has 0 saturated carbocycles. The van der Waals surface area contributed by atoms with Gasteiger partial charge in [-0.2, -0.15) is 0 Å². The monoisotopic (exact) mass is 286 g/mol. The first-order valence-corrected chi connectivity index (χ1v) is 5.75. The molecule has 4 nitrogen and oxygen atoms in total. The van der Waals surface area contributed by atoms with Crippen LogP contribution in [0.4, 0.5) is 5.69 Å². The average molecular weight is 287 g/mol. The van der Waals surface area contributed by atoms with E-state index in [4.69, 9.17) is 10.8 Å². The van der Waals surface area contributed by atoms with Gasteiger partial charge in [-0.3, -0.25) is 0 Å². The summed E-state index contributed by atoms with van der Waals surface area (Å²) < 4.78 is 0.618. The molecule has 0 unspecified atom stereocenters. The number of rotatable bonds is 4. The maximum atomic E-state index is 10.9. The van der Waals surface area contributed by atoms with Gasteiger partial charge in [-0.05, 0) is 33.6 Å². The second kappa shape index (κ2) is 5.32. The van der Waals surface area contributed by atoms with Crippen LogP contribution in [0.2, 0.25) is 0 Å². The van der Waals surface area contributed by atoms with E-state index in [2.05, 4.69) is 21.2 Å². The Hall–Kier alpha value is -1.07. The topological polar surface area (TPSA) is 75.3 Å². The molecule has 0 aliphatic carbocycles. The molecule has 4 N–H and O–H groups in total. The number of nitrogens with one attached hydrogen (secondary N) is 1. The minimum atomic E-state index is -0.952. The quantitative estimate of drug-likeness (QED) is 0.742. The molecule has 5 heteroatoms. The van der Waals surface area contributed by atoms with Crippen molar-refractivity contribution >= 4 is 27.6 Å². The van der Waals surface area contributed by atoms with Crippen molar-refractivity contribution in [2.45, 2.75) is 26.4 Å². The number of hydrogen-bond donors (Lipinski definition) is 3. The summed E-state index contributed by atoms with van der Waals surface area (Å²) in [6.07, 6.45) is 0. The van der Waals surface area contributed by atoms with Crippen LogP contribution in [0, 0.1) is 0 Å². The SMILES string of the molecule is CC(C)NCc1cc(C(=O)O)cc(Br)c1N. The van der Waals surface area contributed by atoms with E-state index in [0.29, 0.717) is 22.7 Å². The van der Waals surface area contributed by atoms with Gasteiger partial charge in [-0.15, -0.1) is 0 Å². The summed E-state index contributed by atoms with van der Waals surface area (Å²) in [5, 5.41) is 12.1. The van der Waals surface area contributed by atoms with Gasteiger partial charge in [-0.25, -0.2) is 4.79 Å². The molecule has 1 aromatic carbocycles. The van der Waals surface area contributed by atoms with Gasteiger partial charge >= 0.3 is 5.97 Å². The zero-order chi connectivity index (χ0) is 12.3. The molecule has 0 bridgehead atoms. The van der Waals surface area contributed by atoms with Gasteiger partial charge in [0.2, 0.25) is 0 Å². The van der Waals surface area contributed by atoms with E-state index < -0.39 is 5.97 Å². The highest BCUT2D eigenvalue weighted by molar-refractivity contribution is 9.10. The Morgan fingerprint density at radius 1 is 1.56 bits per heavy atom. The Labute approximate surface area is 103 Å². The molecular weight excluding hydrogens is 272 g/mol. The average Bonchev–Trinajstić information content (AvgIpc) is 2.19. The smallest absolute Gasteiger partial charge is 0.335 e. The molecule has 0 spiro atoms. The number of benzene rings is 1. The highest BCUT2D eigenvalue weighted by atomic mass is 79.9. The maximum absolute atomic E-state index is 10.9. The molecule has 0 radical (unpaired) electrons. The highest BCUT2D eigenvalue weighted by Gasteiger charge is 2.10. The first-order chi connectivity index (χ1) is 7.41. The molecule has 88 valence electrons. The minimum Gasteiger partial charge on any atom is -0.478 e. The maximum Gasteiger partial charge on any atom is 0.335 e. The number of carboxylic acids is 1. The predicted octanol–water partition coefficient (Wildman–Crippen LogP) is 2.23. The standard InChI is InChI=1S/C11H15BrN2O2/c1-6(2)14-5-8-3-7(11(15)16)4-9(12)10(8)13/h3-4,6,14H,5,13H2,1-2H3,(H,15,16). The molecule has 1 rings (SSSR count). The van der Waals surface area contributed by atoms with Gasteiger partial charge in [-0.1, -0.05) is 13.8 Å². The molecular formula is C11H15BrN2O2. The summed E-state index contributed by atoms with van der Waals surface area (Å²) in [6, 6.07) is 3.43. The normalized spacial score (nSPS) is 10.8. The number of nitrogens with two attached hydrogens (primary N) is 1. The second-order valence-electron chi connectivity index (χ2n) is 3.87. The third-order valence-electron chi connectivity index (χ3n) is 2.16. The van der Waals surface area contributed by atoms with Crippen LogP contribution in [0.3, 0.4) is 0 Å². The van der Waals surface area contributed by atoms with E-state index in [0.717, 1.165) is 5.56 Å². The zero-order valence-corrected chi connectivity index (χ0v) is 10.8. The van der Waals surface area contributed by atoms with E-state index in [9.17, 15) is 4.79 Å². The number of carboxylic acid groups (broad SMARTS) is 1. The van der Waals surface area contributed by atoms with Gasteiger partial charge in [0.15, 0.2) is 0 Å². The number of hydrogen-bond acceptors (Lipinski definition) is 3. The van der Waals surface area contributed by atoms with Gasteiger partial charge in [0, 0.05) is 17.1 Å². The van der Waals surface area contributed by atoms with Gasteiger partial charge in [0.05, 0.1) is 11.3 Å². The van der Waals surface area contributed by atoms with Crippen LogP contribution < -0.4 is 11.1 Å². The van der Waals surface area contributed by atoms with Crippen molar-refractivity contribution in [3.8, 4) is 0 Å². The van der Waals surface area contributed by atoms with Crippen molar-refractivity contribution in [1.82, 2.24) is 5.32 Å². The van der Waals surface area contributed by atoms with Crippen LogP contribution in [-0.4, -0.2) is 17.1 Å². The van der Waals surface area contributed by atoms with Crippen LogP contribution >= 0.6 is 15.9 Å². The van der Waals surface area contributed by atoms with Crippen LogP contribution in [0.15, 0.2) is 16.6 Å². The number of nitrogen functional groups attached to an aromatic ring is 1. The fraction of sp³-hybridized carbons (Fsp3) is 0.364. The van der Waals surface area contributed by atoms with Crippen molar-refractivity contribution in [3.05, 3.63) is 27.7 Å². The zero-order valence-electron chi connectivity index (χ0n) is 9.25. The van der Waals surface area contributed by atoms with E-state index in [-0.39, 0.29) is 5.56 Å². The minimum absolute atomic E-state index is 0.238. The van der Waals surface area contributed by atoms with E-state index in [1.54, 1.807) is 6.07 Å². The van der Waals surface area contributed by atoms with E-state index in [1.165, 1.54) is 6.07 Å². The Morgan fingerprint density at radius 2 is 2.19 bits per heavy atom. The molecule has 0 aliphatic rings. The summed E-state index contributed by atoms with van der Waals surface area (Å²) in [5.41, 5.74) is 7.47. The third kappa shape index (κ3) is 3.21. The van der Waals surface area contributed by atoms with Crippen molar-refractivity contribution in [2.24, 2.45) is 0 Å². The second-order valence-corrected chi connectivity index (χ2v) is 4.73. The highest BCUT2D eigenvalue weighted by Crippen LogP contribution is 2.25. The summed E-state index contributed by atoms with van der Waals surface area (Å²) in [6.45, 7) is 4.60. The summed E-state index contributed by atoms with van der Waals surface area (Å²) in [4.78, 5) is 10.9. The van der Waals surface area contributed by atoms with E-state index in [1.807, 2.05) is 13.8 Å². The molecule has 0 atom stereocenters. The molecule has 16 heavy (non-hydrogen) atoms. The van der Waals surface area contributed by atoms with Crippen LogP contribution in [0.1, 0.15) is 29.8 Å². The van der Waals surface area contributed by atoms with Gasteiger partial charge in [0.1, 0.15) is 0 Å². The van der Waals surface area contributed by atoms with Crippen molar-refractivity contribution in [2.75, 3.05) is 5.73 Å².